The Morgan fingerprint density at radius 1 is 1.59 bits per heavy atom. The molecule has 1 saturated heterocycles. The van der Waals surface area contributed by atoms with Crippen LogP contribution in [0.1, 0.15) is 13.3 Å². The molecule has 1 aliphatic heterocycles. The number of hydrogen-bond acceptors (Lipinski definition) is 4. The summed E-state index contributed by atoms with van der Waals surface area (Å²) in [5.41, 5.74) is 0. The number of ether oxygens (including phenoxy) is 1. The van der Waals surface area contributed by atoms with Gasteiger partial charge in [-0.05, 0) is 6.42 Å². The second-order valence-electron chi connectivity index (χ2n) is 3.68. The Balaban J connectivity index is 2.61. The van der Waals surface area contributed by atoms with Gasteiger partial charge in [0.25, 0.3) is 0 Å². The fraction of sp³-hybridized carbons (Fsp3) is 0.800. The van der Waals surface area contributed by atoms with E-state index >= 15 is 0 Å². The normalized spacial score (nSPS) is 23.8. The number of nitrogens with zero attached hydrogens (tertiary/aromatic N) is 1. The minimum absolute atomic E-state index is 0.0568. The number of hydrogen-bond donors (Lipinski definition) is 2. The molecule has 1 fully saturated rings. The second kappa shape index (κ2) is 6.70. The standard InChI is InChI=1S/C10H18N2O4S/c1-3-8-12(7(6-17-8)9(13)14)10(15)11-4-5-16-2/h7-8H,3-6H2,1-2H3,(H,11,15)(H,13,14). The van der Waals surface area contributed by atoms with Crippen molar-refractivity contribution in [3.63, 3.8) is 0 Å². The maximum atomic E-state index is 11.9. The fourth-order valence-corrected chi connectivity index (χ4v) is 3.04. The first-order chi connectivity index (χ1) is 8.11. The summed E-state index contributed by atoms with van der Waals surface area (Å²) >= 11 is 1.51. The number of thioether (sulfide) groups is 1. The van der Waals surface area contributed by atoms with Crippen LogP contribution in [-0.2, 0) is 9.53 Å². The molecule has 98 valence electrons. The molecule has 1 aliphatic rings. The van der Waals surface area contributed by atoms with Crippen LogP contribution >= 0.6 is 11.8 Å². The number of carboxylic acids is 1. The third-order valence-corrected chi connectivity index (χ3v) is 4.00. The van der Waals surface area contributed by atoms with Crippen LogP contribution in [0.3, 0.4) is 0 Å². The Hall–Kier alpha value is -0.950. The lowest BCUT2D eigenvalue weighted by atomic mass is 10.3. The van der Waals surface area contributed by atoms with Gasteiger partial charge >= 0.3 is 12.0 Å². The molecule has 1 heterocycles. The van der Waals surface area contributed by atoms with Gasteiger partial charge in [-0.25, -0.2) is 9.59 Å². The summed E-state index contributed by atoms with van der Waals surface area (Å²) in [6.07, 6.45) is 0.742. The van der Waals surface area contributed by atoms with Crippen LogP contribution in [0, 0.1) is 0 Å². The van der Waals surface area contributed by atoms with E-state index in [4.69, 9.17) is 9.84 Å². The lowest BCUT2D eigenvalue weighted by Gasteiger charge is -2.26. The summed E-state index contributed by atoms with van der Waals surface area (Å²) in [7, 11) is 1.55. The van der Waals surface area contributed by atoms with E-state index in [1.54, 1.807) is 7.11 Å². The van der Waals surface area contributed by atoms with Crippen LogP contribution in [0.2, 0.25) is 0 Å². The van der Waals surface area contributed by atoms with Crippen molar-refractivity contribution in [2.75, 3.05) is 26.0 Å². The number of amides is 2. The number of carboxylic acid groups (broad SMARTS) is 1. The topological polar surface area (TPSA) is 78.9 Å². The Kier molecular flexibility index (Phi) is 5.57. The molecule has 2 unspecified atom stereocenters. The van der Waals surface area contributed by atoms with Crippen molar-refractivity contribution in [3.8, 4) is 0 Å². The number of carbonyl (C=O) groups is 2. The van der Waals surface area contributed by atoms with Crippen LogP contribution in [0.25, 0.3) is 0 Å². The molecule has 2 amide bonds. The van der Waals surface area contributed by atoms with Gasteiger partial charge in [-0.3, -0.25) is 4.90 Å². The van der Waals surface area contributed by atoms with Gasteiger partial charge in [-0.1, -0.05) is 6.92 Å². The molecule has 2 N–H and O–H groups in total. The Morgan fingerprint density at radius 2 is 2.29 bits per heavy atom. The predicted octanol–water partition coefficient (Wildman–Crippen LogP) is 0.581. The average molecular weight is 262 g/mol. The third-order valence-electron chi connectivity index (χ3n) is 2.54. The monoisotopic (exact) mass is 262 g/mol. The SMILES string of the molecule is CCC1SCC(C(=O)O)N1C(=O)NCCOC. The Morgan fingerprint density at radius 3 is 2.82 bits per heavy atom. The molecular formula is C10H18N2O4S. The number of rotatable bonds is 5. The summed E-state index contributed by atoms with van der Waals surface area (Å²) in [4.78, 5) is 24.4. The smallest absolute Gasteiger partial charge is 0.327 e. The highest BCUT2D eigenvalue weighted by Gasteiger charge is 2.40. The first-order valence-corrected chi connectivity index (χ1v) is 6.56. The molecule has 0 radical (unpaired) electrons. The van der Waals surface area contributed by atoms with Gasteiger partial charge in [-0.2, -0.15) is 0 Å². The molecule has 0 aromatic heterocycles. The number of aliphatic carboxylic acids is 1. The quantitative estimate of drug-likeness (QED) is 0.709. The van der Waals surface area contributed by atoms with Crippen molar-refractivity contribution in [1.82, 2.24) is 10.2 Å². The van der Waals surface area contributed by atoms with Gasteiger partial charge in [-0.15, -0.1) is 11.8 Å². The van der Waals surface area contributed by atoms with E-state index in [0.29, 0.717) is 18.9 Å². The summed E-state index contributed by atoms with van der Waals surface area (Å²) in [5.74, 6) is -0.499. The van der Waals surface area contributed by atoms with Crippen molar-refractivity contribution in [1.29, 1.82) is 0 Å². The molecule has 2 atom stereocenters. The minimum atomic E-state index is -0.949. The molecule has 1 rings (SSSR count). The van der Waals surface area contributed by atoms with Crippen molar-refractivity contribution >= 4 is 23.8 Å². The van der Waals surface area contributed by atoms with Gasteiger partial charge < -0.3 is 15.2 Å². The van der Waals surface area contributed by atoms with E-state index in [1.165, 1.54) is 16.7 Å². The molecule has 0 aromatic carbocycles. The summed E-state index contributed by atoms with van der Waals surface area (Å²) in [6, 6.07) is -1.06. The predicted molar refractivity (Wildman–Crippen MR) is 65.1 cm³/mol. The van der Waals surface area contributed by atoms with Crippen molar-refractivity contribution in [2.45, 2.75) is 24.8 Å². The van der Waals surface area contributed by atoms with Crippen molar-refractivity contribution in [2.24, 2.45) is 0 Å². The maximum Gasteiger partial charge on any atom is 0.327 e. The number of carbonyl (C=O) groups excluding carboxylic acids is 1. The van der Waals surface area contributed by atoms with E-state index in [1.807, 2.05) is 6.92 Å². The van der Waals surface area contributed by atoms with Crippen molar-refractivity contribution in [3.05, 3.63) is 0 Å². The van der Waals surface area contributed by atoms with Crippen molar-refractivity contribution < 1.29 is 19.4 Å². The summed E-state index contributed by atoms with van der Waals surface area (Å²) in [6.45, 7) is 2.75. The van der Waals surface area contributed by atoms with Gasteiger partial charge in [0.1, 0.15) is 6.04 Å². The number of urea groups is 1. The van der Waals surface area contributed by atoms with Crippen LogP contribution in [0.5, 0.6) is 0 Å². The van der Waals surface area contributed by atoms with Gasteiger partial charge in [0.05, 0.1) is 12.0 Å². The van der Waals surface area contributed by atoms with Gasteiger partial charge in [0.15, 0.2) is 0 Å². The van der Waals surface area contributed by atoms with E-state index < -0.39 is 12.0 Å². The largest absolute Gasteiger partial charge is 0.480 e. The second-order valence-corrected chi connectivity index (χ2v) is 4.89. The molecule has 0 aromatic rings. The van der Waals surface area contributed by atoms with Gasteiger partial charge in [0, 0.05) is 19.4 Å². The number of methoxy groups -OCH3 is 1. The molecular weight excluding hydrogens is 244 g/mol. The maximum absolute atomic E-state index is 11.9. The highest BCUT2D eigenvalue weighted by molar-refractivity contribution is 8.00. The Labute approximate surface area is 105 Å². The Bertz CT molecular complexity index is 287. The molecule has 17 heavy (non-hydrogen) atoms. The molecule has 0 spiro atoms. The van der Waals surface area contributed by atoms with Gasteiger partial charge in [0.2, 0.25) is 0 Å². The van der Waals surface area contributed by atoms with Crippen LogP contribution in [0.15, 0.2) is 0 Å². The molecule has 7 heteroatoms. The average Bonchev–Trinajstić information content (AvgIpc) is 2.72. The molecule has 0 bridgehead atoms. The van der Waals surface area contributed by atoms with E-state index in [0.717, 1.165) is 6.42 Å². The zero-order valence-electron chi connectivity index (χ0n) is 10.0. The summed E-state index contributed by atoms with van der Waals surface area (Å²) < 4.78 is 4.83. The first kappa shape index (κ1) is 14.1. The molecule has 0 aliphatic carbocycles. The molecule has 0 saturated carbocycles. The molecule has 6 nitrogen and oxygen atoms in total. The highest BCUT2D eigenvalue weighted by Crippen LogP contribution is 2.31. The van der Waals surface area contributed by atoms with Crippen LogP contribution in [-0.4, -0.2) is 59.4 Å². The lowest BCUT2D eigenvalue weighted by Crippen LogP contribution is -2.50. The lowest BCUT2D eigenvalue weighted by molar-refractivity contribution is -0.141. The third kappa shape index (κ3) is 3.50. The van der Waals surface area contributed by atoms with Crippen LogP contribution < -0.4 is 5.32 Å². The van der Waals surface area contributed by atoms with E-state index in [9.17, 15) is 9.59 Å². The van der Waals surface area contributed by atoms with Crippen LogP contribution in [0.4, 0.5) is 4.79 Å². The number of nitrogens with one attached hydrogen (secondary N) is 1. The zero-order valence-corrected chi connectivity index (χ0v) is 10.8. The van der Waals surface area contributed by atoms with E-state index in [-0.39, 0.29) is 11.4 Å². The zero-order chi connectivity index (χ0) is 12.8. The van der Waals surface area contributed by atoms with E-state index in [2.05, 4.69) is 5.32 Å². The summed E-state index contributed by atoms with van der Waals surface area (Å²) in [5, 5.41) is 11.7. The minimum Gasteiger partial charge on any atom is -0.480 e. The fourth-order valence-electron chi connectivity index (χ4n) is 1.69. The first-order valence-electron chi connectivity index (χ1n) is 5.51. The highest BCUT2D eigenvalue weighted by atomic mass is 32.2.